The SMILES string of the molecule is Cc1ccc(N2C(=O)C(O)=C(c3ccc(OCC(C)C)cc3)C2=O)c(C)c1. The summed E-state index contributed by atoms with van der Waals surface area (Å²) in [6.45, 7) is 8.47. The number of anilines is 1. The van der Waals surface area contributed by atoms with Crippen LogP contribution in [-0.2, 0) is 9.59 Å². The van der Waals surface area contributed by atoms with Crippen molar-refractivity contribution in [2.24, 2.45) is 5.92 Å². The van der Waals surface area contributed by atoms with Crippen LogP contribution in [0.2, 0.25) is 0 Å². The van der Waals surface area contributed by atoms with E-state index in [-0.39, 0.29) is 5.57 Å². The van der Waals surface area contributed by atoms with Gasteiger partial charge in [0.15, 0.2) is 5.76 Å². The van der Waals surface area contributed by atoms with E-state index in [9.17, 15) is 14.7 Å². The fourth-order valence-electron chi connectivity index (χ4n) is 3.03. The standard InChI is InChI=1S/C22H23NO4/c1-13(2)12-27-17-8-6-16(7-9-17)19-20(24)22(26)23(21(19)25)18-10-5-14(3)11-15(18)4/h5-11,13,24H,12H2,1-4H3. The van der Waals surface area contributed by atoms with Gasteiger partial charge in [-0.05, 0) is 49.1 Å². The van der Waals surface area contributed by atoms with Crippen molar-refractivity contribution in [3.63, 3.8) is 0 Å². The number of aliphatic hydroxyl groups is 1. The number of hydrogen-bond donors (Lipinski definition) is 1. The van der Waals surface area contributed by atoms with E-state index in [1.807, 2.05) is 26.0 Å². The molecule has 0 radical (unpaired) electrons. The summed E-state index contributed by atoms with van der Waals surface area (Å²) >= 11 is 0. The number of imide groups is 1. The third-order valence-electron chi connectivity index (χ3n) is 4.38. The van der Waals surface area contributed by atoms with Crippen LogP contribution in [-0.4, -0.2) is 23.5 Å². The predicted octanol–water partition coefficient (Wildman–Crippen LogP) is 4.18. The third kappa shape index (κ3) is 3.58. The summed E-state index contributed by atoms with van der Waals surface area (Å²) in [6, 6.07) is 12.3. The van der Waals surface area contributed by atoms with Crippen molar-refractivity contribution in [3.05, 3.63) is 64.9 Å². The lowest BCUT2D eigenvalue weighted by Crippen LogP contribution is -2.32. The van der Waals surface area contributed by atoms with Crippen molar-refractivity contribution < 1.29 is 19.4 Å². The van der Waals surface area contributed by atoms with Crippen molar-refractivity contribution in [1.29, 1.82) is 0 Å². The fourth-order valence-corrected chi connectivity index (χ4v) is 3.03. The summed E-state index contributed by atoms with van der Waals surface area (Å²) < 4.78 is 5.64. The minimum Gasteiger partial charge on any atom is -0.502 e. The van der Waals surface area contributed by atoms with Crippen molar-refractivity contribution in [2.45, 2.75) is 27.7 Å². The molecule has 2 aromatic rings. The summed E-state index contributed by atoms with van der Waals surface area (Å²) in [5.74, 6) is -0.689. The van der Waals surface area contributed by atoms with Crippen LogP contribution in [0.1, 0.15) is 30.5 Å². The maximum atomic E-state index is 12.9. The first-order valence-electron chi connectivity index (χ1n) is 8.92. The van der Waals surface area contributed by atoms with Crippen molar-refractivity contribution in [2.75, 3.05) is 11.5 Å². The molecule has 0 saturated heterocycles. The molecule has 1 aliphatic rings. The number of rotatable bonds is 5. The first kappa shape index (κ1) is 18.7. The topological polar surface area (TPSA) is 66.8 Å². The van der Waals surface area contributed by atoms with E-state index in [0.717, 1.165) is 16.0 Å². The van der Waals surface area contributed by atoms with Crippen LogP contribution in [0.4, 0.5) is 5.69 Å². The molecule has 0 bridgehead atoms. The smallest absolute Gasteiger partial charge is 0.301 e. The molecule has 0 unspecified atom stereocenters. The molecule has 0 saturated carbocycles. The van der Waals surface area contributed by atoms with Gasteiger partial charge in [0.25, 0.3) is 5.91 Å². The molecule has 1 N–H and O–H groups in total. The van der Waals surface area contributed by atoms with Gasteiger partial charge >= 0.3 is 5.91 Å². The number of hydrogen-bond acceptors (Lipinski definition) is 4. The number of aryl methyl sites for hydroxylation is 2. The van der Waals surface area contributed by atoms with Gasteiger partial charge in [0.05, 0.1) is 17.9 Å². The largest absolute Gasteiger partial charge is 0.502 e. The van der Waals surface area contributed by atoms with Crippen molar-refractivity contribution >= 4 is 23.1 Å². The first-order chi connectivity index (χ1) is 12.8. The van der Waals surface area contributed by atoms with Gasteiger partial charge in [0, 0.05) is 0 Å². The molecule has 0 aromatic heterocycles. The number of ether oxygens (including phenoxy) is 1. The van der Waals surface area contributed by atoms with Gasteiger partial charge < -0.3 is 9.84 Å². The lowest BCUT2D eigenvalue weighted by Gasteiger charge is -2.17. The second-order valence-corrected chi connectivity index (χ2v) is 7.19. The van der Waals surface area contributed by atoms with E-state index >= 15 is 0 Å². The highest BCUT2D eigenvalue weighted by molar-refractivity contribution is 6.45. The van der Waals surface area contributed by atoms with Crippen LogP contribution in [0.15, 0.2) is 48.2 Å². The molecule has 1 aliphatic heterocycles. The molecule has 0 fully saturated rings. The summed E-state index contributed by atoms with van der Waals surface area (Å²) in [5.41, 5.74) is 2.80. The molecule has 0 aliphatic carbocycles. The number of amides is 2. The van der Waals surface area contributed by atoms with E-state index in [1.54, 1.807) is 30.3 Å². The zero-order chi connectivity index (χ0) is 19.7. The molecule has 2 aromatic carbocycles. The normalized spacial score (nSPS) is 14.5. The van der Waals surface area contributed by atoms with Crippen LogP contribution < -0.4 is 9.64 Å². The van der Waals surface area contributed by atoms with Gasteiger partial charge in [0.2, 0.25) is 0 Å². The molecule has 3 rings (SSSR count). The van der Waals surface area contributed by atoms with Crippen LogP contribution in [0, 0.1) is 19.8 Å². The quantitative estimate of drug-likeness (QED) is 0.807. The van der Waals surface area contributed by atoms with Crippen molar-refractivity contribution in [3.8, 4) is 5.75 Å². The highest BCUT2D eigenvalue weighted by Gasteiger charge is 2.40. The molecule has 1 heterocycles. The minimum absolute atomic E-state index is 0.00962. The number of nitrogens with zero attached hydrogens (tertiary/aromatic N) is 1. The molecule has 140 valence electrons. The summed E-state index contributed by atoms with van der Waals surface area (Å²) in [5, 5.41) is 10.3. The van der Waals surface area contributed by atoms with E-state index in [0.29, 0.717) is 29.5 Å². The van der Waals surface area contributed by atoms with E-state index in [4.69, 9.17) is 4.74 Å². The Morgan fingerprint density at radius 1 is 1.00 bits per heavy atom. The summed E-state index contributed by atoms with van der Waals surface area (Å²) in [7, 11) is 0. The number of carbonyl (C=O) groups excluding carboxylic acids is 2. The molecule has 27 heavy (non-hydrogen) atoms. The lowest BCUT2D eigenvalue weighted by molar-refractivity contribution is -0.121. The zero-order valence-corrected chi connectivity index (χ0v) is 15.9. The summed E-state index contributed by atoms with van der Waals surface area (Å²) in [6.07, 6.45) is 0. The molecular weight excluding hydrogens is 342 g/mol. The Kier molecular flexibility index (Phi) is 5.04. The highest BCUT2D eigenvalue weighted by atomic mass is 16.5. The maximum Gasteiger partial charge on any atom is 0.301 e. The lowest BCUT2D eigenvalue weighted by atomic mass is 10.1. The van der Waals surface area contributed by atoms with E-state index in [2.05, 4.69) is 13.8 Å². The second kappa shape index (κ2) is 7.27. The van der Waals surface area contributed by atoms with E-state index < -0.39 is 17.6 Å². The Morgan fingerprint density at radius 3 is 2.26 bits per heavy atom. The molecule has 0 spiro atoms. The Hall–Kier alpha value is -3.08. The molecular formula is C22H23NO4. The molecule has 0 atom stereocenters. The van der Waals surface area contributed by atoms with Gasteiger partial charge in [0.1, 0.15) is 5.75 Å². The van der Waals surface area contributed by atoms with E-state index in [1.165, 1.54) is 0 Å². The van der Waals surface area contributed by atoms with Gasteiger partial charge in [-0.25, -0.2) is 4.90 Å². The van der Waals surface area contributed by atoms with Crippen LogP contribution >= 0.6 is 0 Å². The molecule has 5 heteroatoms. The summed E-state index contributed by atoms with van der Waals surface area (Å²) in [4.78, 5) is 26.5. The number of carbonyl (C=O) groups is 2. The second-order valence-electron chi connectivity index (χ2n) is 7.19. The van der Waals surface area contributed by atoms with Crippen molar-refractivity contribution in [1.82, 2.24) is 0 Å². The fraction of sp³-hybridized carbons (Fsp3) is 0.273. The van der Waals surface area contributed by atoms with Gasteiger partial charge in [-0.2, -0.15) is 0 Å². The Balaban J connectivity index is 1.90. The van der Waals surface area contributed by atoms with Crippen LogP contribution in [0.25, 0.3) is 5.57 Å². The zero-order valence-electron chi connectivity index (χ0n) is 15.9. The number of benzene rings is 2. The monoisotopic (exact) mass is 365 g/mol. The maximum absolute atomic E-state index is 12.9. The Bertz CT molecular complexity index is 926. The average Bonchev–Trinajstić information content (AvgIpc) is 2.84. The van der Waals surface area contributed by atoms with Gasteiger partial charge in [-0.15, -0.1) is 0 Å². The highest BCUT2D eigenvalue weighted by Crippen LogP contribution is 2.34. The Morgan fingerprint density at radius 2 is 1.67 bits per heavy atom. The van der Waals surface area contributed by atoms with Gasteiger partial charge in [-0.3, -0.25) is 9.59 Å². The molecule has 2 amide bonds. The predicted molar refractivity (Wildman–Crippen MR) is 105 cm³/mol. The Labute approximate surface area is 158 Å². The number of aliphatic hydroxyl groups excluding tert-OH is 1. The average molecular weight is 365 g/mol. The van der Waals surface area contributed by atoms with Crippen LogP contribution in [0.5, 0.6) is 5.75 Å². The first-order valence-corrected chi connectivity index (χ1v) is 8.92. The minimum atomic E-state index is -0.706. The molecule has 5 nitrogen and oxygen atoms in total. The third-order valence-corrected chi connectivity index (χ3v) is 4.38. The van der Waals surface area contributed by atoms with Crippen LogP contribution in [0.3, 0.4) is 0 Å². The van der Waals surface area contributed by atoms with Gasteiger partial charge in [-0.1, -0.05) is 43.7 Å².